The average molecular weight is 301 g/mol. The first kappa shape index (κ1) is 15.5. The zero-order valence-electron chi connectivity index (χ0n) is 10.0. The van der Waals surface area contributed by atoms with Crippen molar-refractivity contribution in [3.63, 3.8) is 0 Å². The number of hydrogen-bond acceptors (Lipinski definition) is 3. The molecule has 5 nitrogen and oxygen atoms in total. The van der Waals surface area contributed by atoms with E-state index in [9.17, 15) is 13.2 Å². The molecular formula is C12H13ClN2O3S. The SMILES string of the molecule is C#CCNC(=O)CCNS(=O)(=O)c1ccccc1Cl. The molecule has 0 fully saturated rings. The van der Waals surface area contributed by atoms with Gasteiger partial charge in [0.05, 0.1) is 11.6 Å². The summed E-state index contributed by atoms with van der Waals surface area (Å²) in [4.78, 5) is 11.2. The highest BCUT2D eigenvalue weighted by molar-refractivity contribution is 7.89. The molecule has 7 heteroatoms. The molecule has 0 spiro atoms. The Morgan fingerprint density at radius 3 is 2.68 bits per heavy atom. The fourth-order valence-corrected chi connectivity index (χ4v) is 2.83. The van der Waals surface area contributed by atoms with Gasteiger partial charge in [0.25, 0.3) is 0 Å². The molecule has 0 atom stereocenters. The molecule has 2 N–H and O–H groups in total. The summed E-state index contributed by atoms with van der Waals surface area (Å²) in [6, 6.07) is 6.08. The molecule has 102 valence electrons. The van der Waals surface area contributed by atoms with Crippen LogP contribution in [0.15, 0.2) is 29.2 Å². The first-order valence-corrected chi connectivity index (χ1v) is 7.28. The maximum Gasteiger partial charge on any atom is 0.242 e. The minimum Gasteiger partial charge on any atom is -0.345 e. The van der Waals surface area contributed by atoms with Crippen molar-refractivity contribution >= 4 is 27.5 Å². The number of carbonyl (C=O) groups excluding carboxylic acids is 1. The highest BCUT2D eigenvalue weighted by atomic mass is 35.5. The lowest BCUT2D eigenvalue weighted by Gasteiger charge is -2.07. The standard InChI is InChI=1S/C12H13ClN2O3S/c1-2-8-14-12(16)7-9-15-19(17,18)11-6-4-3-5-10(11)13/h1,3-6,15H,7-9H2,(H,14,16). The maximum absolute atomic E-state index is 11.9. The van der Waals surface area contributed by atoms with Crippen molar-refractivity contribution in [3.8, 4) is 12.3 Å². The first-order chi connectivity index (χ1) is 8.97. The minimum atomic E-state index is -3.71. The second-order valence-corrected chi connectivity index (χ2v) is 5.70. The lowest BCUT2D eigenvalue weighted by atomic mass is 10.4. The first-order valence-electron chi connectivity index (χ1n) is 5.41. The largest absolute Gasteiger partial charge is 0.345 e. The van der Waals surface area contributed by atoms with Crippen molar-refractivity contribution in [3.05, 3.63) is 29.3 Å². The van der Waals surface area contributed by atoms with E-state index >= 15 is 0 Å². The summed E-state index contributed by atoms with van der Waals surface area (Å²) < 4.78 is 26.1. The number of rotatable bonds is 6. The zero-order chi connectivity index (χ0) is 14.3. The second-order valence-electron chi connectivity index (χ2n) is 3.56. The van der Waals surface area contributed by atoms with Crippen LogP contribution in [0.3, 0.4) is 0 Å². The van der Waals surface area contributed by atoms with E-state index in [1.807, 2.05) is 0 Å². The van der Waals surface area contributed by atoms with Gasteiger partial charge >= 0.3 is 0 Å². The van der Waals surface area contributed by atoms with E-state index in [0.717, 1.165) is 0 Å². The van der Waals surface area contributed by atoms with Crippen LogP contribution in [-0.2, 0) is 14.8 Å². The van der Waals surface area contributed by atoms with Gasteiger partial charge in [-0.05, 0) is 12.1 Å². The van der Waals surface area contributed by atoms with E-state index in [1.54, 1.807) is 12.1 Å². The van der Waals surface area contributed by atoms with Crippen molar-refractivity contribution in [2.45, 2.75) is 11.3 Å². The smallest absolute Gasteiger partial charge is 0.242 e. The van der Waals surface area contributed by atoms with Gasteiger partial charge in [0.15, 0.2) is 0 Å². The highest BCUT2D eigenvalue weighted by Gasteiger charge is 2.16. The van der Waals surface area contributed by atoms with Gasteiger partial charge in [-0.15, -0.1) is 6.42 Å². The Morgan fingerprint density at radius 2 is 2.05 bits per heavy atom. The van der Waals surface area contributed by atoms with Crippen LogP contribution in [0.1, 0.15) is 6.42 Å². The molecule has 1 amide bonds. The normalized spacial score (nSPS) is 10.7. The molecule has 1 rings (SSSR count). The van der Waals surface area contributed by atoms with Gasteiger partial charge in [-0.3, -0.25) is 4.79 Å². The molecule has 0 aliphatic carbocycles. The van der Waals surface area contributed by atoms with Gasteiger partial charge in [-0.2, -0.15) is 0 Å². The number of sulfonamides is 1. The molecule has 0 saturated heterocycles. The van der Waals surface area contributed by atoms with Crippen molar-refractivity contribution < 1.29 is 13.2 Å². The fourth-order valence-electron chi connectivity index (χ4n) is 1.28. The minimum absolute atomic E-state index is 0.00532. The Kier molecular flexibility index (Phi) is 5.83. The molecule has 0 aromatic heterocycles. The van der Waals surface area contributed by atoms with Crippen LogP contribution in [-0.4, -0.2) is 27.4 Å². The number of carbonyl (C=O) groups is 1. The molecule has 0 unspecified atom stereocenters. The molecule has 0 aliphatic rings. The van der Waals surface area contributed by atoms with Crippen molar-refractivity contribution in [1.82, 2.24) is 10.0 Å². The van der Waals surface area contributed by atoms with Gasteiger partial charge in [0.1, 0.15) is 4.90 Å². The lowest BCUT2D eigenvalue weighted by Crippen LogP contribution is -2.31. The number of halogens is 1. The third-order valence-corrected chi connectivity index (χ3v) is 4.12. The van der Waals surface area contributed by atoms with Gasteiger partial charge in [0, 0.05) is 13.0 Å². The number of amides is 1. The third kappa shape index (κ3) is 4.91. The monoisotopic (exact) mass is 300 g/mol. The number of nitrogens with one attached hydrogen (secondary N) is 2. The van der Waals surface area contributed by atoms with Gasteiger partial charge in [-0.1, -0.05) is 29.7 Å². The molecule has 1 aromatic rings. The predicted octanol–water partition coefficient (Wildman–Crippen LogP) is 0.758. The van der Waals surface area contributed by atoms with Crippen LogP contribution >= 0.6 is 11.6 Å². The predicted molar refractivity (Wildman–Crippen MR) is 73.1 cm³/mol. The molecule has 0 heterocycles. The summed E-state index contributed by atoms with van der Waals surface area (Å²) in [5.41, 5.74) is 0. The topological polar surface area (TPSA) is 75.3 Å². The second kappa shape index (κ2) is 7.14. The van der Waals surface area contributed by atoms with Crippen LogP contribution in [0.25, 0.3) is 0 Å². The zero-order valence-corrected chi connectivity index (χ0v) is 11.6. The van der Waals surface area contributed by atoms with Gasteiger partial charge in [-0.25, -0.2) is 13.1 Å². The van der Waals surface area contributed by atoms with Crippen LogP contribution in [0.5, 0.6) is 0 Å². The number of terminal acetylenes is 1. The summed E-state index contributed by atoms with van der Waals surface area (Å²) in [7, 11) is -3.71. The lowest BCUT2D eigenvalue weighted by molar-refractivity contribution is -0.120. The summed E-state index contributed by atoms with van der Waals surface area (Å²) in [6.45, 7) is 0.0973. The molecule has 19 heavy (non-hydrogen) atoms. The quantitative estimate of drug-likeness (QED) is 0.762. The Morgan fingerprint density at radius 1 is 1.37 bits per heavy atom. The van der Waals surface area contributed by atoms with E-state index in [-0.39, 0.29) is 35.3 Å². The summed E-state index contributed by atoms with van der Waals surface area (Å²) in [5.74, 6) is 1.93. The molecular weight excluding hydrogens is 288 g/mol. The molecule has 0 aliphatic heterocycles. The average Bonchev–Trinajstić information content (AvgIpc) is 2.36. The van der Waals surface area contributed by atoms with Crippen LogP contribution < -0.4 is 10.0 Å². The van der Waals surface area contributed by atoms with Gasteiger partial charge in [0.2, 0.25) is 15.9 Å². The molecule has 1 aromatic carbocycles. The Labute approximate surface area is 117 Å². The maximum atomic E-state index is 11.9. The van der Waals surface area contributed by atoms with Gasteiger partial charge < -0.3 is 5.32 Å². The van der Waals surface area contributed by atoms with E-state index in [1.165, 1.54) is 12.1 Å². The van der Waals surface area contributed by atoms with E-state index < -0.39 is 10.0 Å². The van der Waals surface area contributed by atoms with E-state index in [2.05, 4.69) is 16.0 Å². The molecule has 0 bridgehead atoms. The van der Waals surface area contributed by atoms with Crippen molar-refractivity contribution in [2.24, 2.45) is 0 Å². The Hall–Kier alpha value is -1.55. The highest BCUT2D eigenvalue weighted by Crippen LogP contribution is 2.19. The van der Waals surface area contributed by atoms with Crippen molar-refractivity contribution in [1.29, 1.82) is 0 Å². The van der Waals surface area contributed by atoms with E-state index in [0.29, 0.717) is 0 Å². The fraction of sp³-hybridized carbons (Fsp3) is 0.250. The Balaban J connectivity index is 2.56. The van der Waals surface area contributed by atoms with Crippen LogP contribution in [0, 0.1) is 12.3 Å². The van der Waals surface area contributed by atoms with Crippen molar-refractivity contribution in [2.75, 3.05) is 13.1 Å². The third-order valence-electron chi connectivity index (χ3n) is 2.16. The summed E-state index contributed by atoms with van der Waals surface area (Å²) in [5, 5.41) is 2.57. The number of benzene rings is 1. The van der Waals surface area contributed by atoms with E-state index in [4.69, 9.17) is 18.0 Å². The summed E-state index contributed by atoms with van der Waals surface area (Å²) >= 11 is 5.80. The van der Waals surface area contributed by atoms with Crippen LogP contribution in [0.2, 0.25) is 5.02 Å². The molecule has 0 radical (unpaired) electrons. The number of hydrogen-bond donors (Lipinski definition) is 2. The Bertz CT molecular complexity index is 593. The molecule has 0 saturated carbocycles. The van der Waals surface area contributed by atoms with Crippen LogP contribution in [0.4, 0.5) is 0 Å². The summed E-state index contributed by atoms with van der Waals surface area (Å²) in [6.07, 6.45) is 4.98.